The molecule has 2 fully saturated rings. The van der Waals surface area contributed by atoms with Crippen molar-refractivity contribution >= 4 is 5.91 Å². The number of carbonyl (C=O) groups is 1. The lowest BCUT2D eigenvalue weighted by molar-refractivity contribution is -0.135. The molecule has 5 nitrogen and oxygen atoms in total. The summed E-state index contributed by atoms with van der Waals surface area (Å²) in [7, 11) is 0. The van der Waals surface area contributed by atoms with Crippen molar-refractivity contribution in [2.24, 2.45) is 5.92 Å². The SMILES string of the molecule is CC1CCCN(CC(=O)N2CCN(Cc3ccccc3)CC2)C1CO. The van der Waals surface area contributed by atoms with Crippen LogP contribution in [0.15, 0.2) is 30.3 Å². The zero-order chi connectivity index (χ0) is 17.6. The molecule has 0 aromatic heterocycles. The van der Waals surface area contributed by atoms with Gasteiger partial charge in [-0.1, -0.05) is 37.3 Å². The van der Waals surface area contributed by atoms with Crippen LogP contribution in [0.25, 0.3) is 0 Å². The molecule has 1 N–H and O–H groups in total. The van der Waals surface area contributed by atoms with Crippen LogP contribution in [0.5, 0.6) is 0 Å². The Labute approximate surface area is 151 Å². The molecule has 2 saturated heterocycles. The van der Waals surface area contributed by atoms with Crippen molar-refractivity contribution < 1.29 is 9.90 Å². The van der Waals surface area contributed by atoms with Gasteiger partial charge >= 0.3 is 0 Å². The molecule has 1 aromatic rings. The number of aliphatic hydroxyl groups is 1. The molecule has 138 valence electrons. The Kier molecular flexibility index (Phi) is 6.45. The Hall–Kier alpha value is -1.43. The maximum Gasteiger partial charge on any atom is 0.236 e. The molecular formula is C20H31N3O2. The molecule has 0 bridgehead atoms. The Morgan fingerprint density at radius 1 is 1.12 bits per heavy atom. The lowest BCUT2D eigenvalue weighted by Crippen LogP contribution is -2.54. The summed E-state index contributed by atoms with van der Waals surface area (Å²) in [6.07, 6.45) is 2.27. The molecule has 2 heterocycles. The third-order valence-electron chi connectivity index (χ3n) is 5.73. The number of hydrogen-bond acceptors (Lipinski definition) is 4. The Bertz CT molecular complexity index is 543. The first-order valence-corrected chi connectivity index (χ1v) is 9.56. The number of piperazine rings is 1. The number of benzene rings is 1. The van der Waals surface area contributed by atoms with Crippen molar-refractivity contribution in [2.75, 3.05) is 45.9 Å². The van der Waals surface area contributed by atoms with Gasteiger partial charge in [0, 0.05) is 38.8 Å². The minimum absolute atomic E-state index is 0.136. The summed E-state index contributed by atoms with van der Waals surface area (Å²) in [5.74, 6) is 0.682. The smallest absolute Gasteiger partial charge is 0.236 e. The summed E-state index contributed by atoms with van der Waals surface area (Å²) in [5.41, 5.74) is 1.33. The monoisotopic (exact) mass is 345 g/mol. The highest BCUT2D eigenvalue weighted by Gasteiger charge is 2.31. The summed E-state index contributed by atoms with van der Waals surface area (Å²) >= 11 is 0. The zero-order valence-corrected chi connectivity index (χ0v) is 15.3. The summed E-state index contributed by atoms with van der Waals surface area (Å²) in [4.78, 5) is 19.3. The number of nitrogens with zero attached hydrogens (tertiary/aromatic N) is 3. The minimum atomic E-state index is 0.136. The quantitative estimate of drug-likeness (QED) is 0.877. The summed E-state index contributed by atoms with van der Waals surface area (Å²) in [6.45, 7) is 8.14. The lowest BCUT2D eigenvalue weighted by atomic mass is 9.91. The van der Waals surface area contributed by atoms with Gasteiger partial charge in [0.25, 0.3) is 0 Å². The predicted molar refractivity (Wildman–Crippen MR) is 99.1 cm³/mol. The molecule has 5 heteroatoms. The van der Waals surface area contributed by atoms with Crippen LogP contribution >= 0.6 is 0 Å². The first-order valence-electron chi connectivity index (χ1n) is 9.56. The van der Waals surface area contributed by atoms with Gasteiger partial charge in [-0.25, -0.2) is 0 Å². The highest BCUT2D eigenvalue weighted by atomic mass is 16.3. The van der Waals surface area contributed by atoms with Gasteiger partial charge in [-0.2, -0.15) is 0 Å². The Morgan fingerprint density at radius 3 is 2.52 bits per heavy atom. The van der Waals surface area contributed by atoms with E-state index in [0.29, 0.717) is 12.5 Å². The topological polar surface area (TPSA) is 47.0 Å². The molecule has 2 aliphatic rings. The van der Waals surface area contributed by atoms with Crippen molar-refractivity contribution in [3.05, 3.63) is 35.9 Å². The van der Waals surface area contributed by atoms with Crippen LogP contribution in [-0.2, 0) is 11.3 Å². The van der Waals surface area contributed by atoms with E-state index < -0.39 is 0 Å². The van der Waals surface area contributed by atoms with Gasteiger partial charge in [-0.3, -0.25) is 14.6 Å². The van der Waals surface area contributed by atoms with Crippen molar-refractivity contribution in [1.29, 1.82) is 0 Å². The van der Waals surface area contributed by atoms with Crippen LogP contribution in [0.3, 0.4) is 0 Å². The van der Waals surface area contributed by atoms with Crippen LogP contribution in [0.1, 0.15) is 25.3 Å². The van der Waals surface area contributed by atoms with Crippen LogP contribution in [0.4, 0.5) is 0 Å². The summed E-state index contributed by atoms with van der Waals surface area (Å²) in [6, 6.07) is 10.6. The molecule has 0 spiro atoms. The summed E-state index contributed by atoms with van der Waals surface area (Å²) in [5, 5.41) is 9.66. The highest BCUT2D eigenvalue weighted by molar-refractivity contribution is 5.78. The third kappa shape index (κ3) is 4.81. The van der Waals surface area contributed by atoms with E-state index in [1.807, 2.05) is 11.0 Å². The molecule has 3 rings (SSSR count). The molecule has 0 aliphatic carbocycles. The highest BCUT2D eigenvalue weighted by Crippen LogP contribution is 2.23. The van der Waals surface area contributed by atoms with Crippen molar-refractivity contribution in [2.45, 2.75) is 32.4 Å². The van der Waals surface area contributed by atoms with E-state index >= 15 is 0 Å². The van der Waals surface area contributed by atoms with Gasteiger partial charge in [-0.05, 0) is 30.9 Å². The number of rotatable bonds is 5. The average molecular weight is 345 g/mol. The maximum atomic E-state index is 12.7. The fourth-order valence-electron chi connectivity index (χ4n) is 4.10. The molecule has 2 aliphatic heterocycles. The van der Waals surface area contributed by atoms with E-state index in [0.717, 1.165) is 52.1 Å². The zero-order valence-electron chi connectivity index (χ0n) is 15.3. The first-order chi connectivity index (χ1) is 12.2. The normalized spacial score (nSPS) is 25.9. The van der Waals surface area contributed by atoms with Gasteiger partial charge in [0.2, 0.25) is 5.91 Å². The van der Waals surface area contributed by atoms with E-state index in [-0.39, 0.29) is 18.6 Å². The fourth-order valence-corrected chi connectivity index (χ4v) is 4.10. The first kappa shape index (κ1) is 18.4. The molecule has 25 heavy (non-hydrogen) atoms. The lowest BCUT2D eigenvalue weighted by Gasteiger charge is -2.40. The second-order valence-corrected chi connectivity index (χ2v) is 7.48. The van der Waals surface area contributed by atoms with E-state index in [2.05, 4.69) is 41.0 Å². The molecule has 2 atom stereocenters. The van der Waals surface area contributed by atoms with Gasteiger partial charge in [0.15, 0.2) is 0 Å². The number of hydrogen-bond donors (Lipinski definition) is 1. The largest absolute Gasteiger partial charge is 0.395 e. The average Bonchev–Trinajstić information content (AvgIpc) is 2.63. The standard InChI is InChI=1S/C20H31N3O2/c1-17-6-5-9-23(19(17)16-24)15-20(25)22-12-10-21(11-13-22)14-18-7-3-2-4-8-18/h2-4,7-8,17,19,24H,5-6,9-16H2,1H3. The van der Waals surface area contributed by atoms with Crippen LogP contribution in [-0.4, -0.2) is 77.6 Å². The number of piperidine rings is 1. The molecule has 2 unspecified atom stereocenters. The van der Waals surface area contributed by atoms with E-state index in [1.165, 1.54) is 5.56 Å². The number of aliphatic hydroxyl groups excluding tert-OH is 1. The van der Waals surface area contributed by atoms with Crippen LogP contribution in [0, 0.1) is 5.92 Å². The van der Waals surface area contributed by atoms with Crippen molar-refractivity contribution in [1.82, 2.24) is 14.7 Å². The summed E-state index contributed by atoms with van der Waals surface area (Å²) < 4.78 is 0. The molecule has 1 aromatic carbocycles. The van der Waals surface area contributed by atoms with Crippen molar-refractivity contribution in [3.8, 4) is 0 Å². The second-order valence-electron chi connectivity index (χ2n) is 7.48. The third-order valence-corrected chi connectivity index (χ3v) is 5.73. The Balaban J connectivity index is 1.46. The molecule has 0 radical (unpaired) electrons. The van der Waals surface area contributed by atoms with E-state index in [9.17, 15) is 9.90 Å². The van der Waals surface area contributed by atoms with Crippen LogP contribution < -0.4 is 0 Å². The Morgan fingerprint density at radius 2 is 1.84 bits per heavy atom. The van der Waals surface area contributed by atoms with Gasteiger partial charge in [0.05, 0.1) is 13.2 Å². The fraction of sp³-hybridized carbons (Fsp3) is 0.650. The van der Waals surface area contributed by atoms with E-state index in [1.54, 1.807) is 0 Å². The minimum Gasteiger partial charge on any atom is -0.395 e. The maximum absolute atomic E-state index is 12.7. The van der Waals surface area contributed by atoms with Crippen molar-refractivity contribution in [3.63, 3.8) is 0 Å². The molecule has 0 saturated carbocycles. The van der Waals surface area contributed by atoms with E-state index in [4.69, 9.17) is 0 Å². The second kappa shape index (κ2) is 8.79. The number of likely N-dealkylation sites (tertiary alicyclic amines) is 1. The number of amides is 1. The molecular weight excluding hydrogens is 314 g/mol. The number of carbonyl (C=O) groups excluding carboxylic acids is 1. The van der Waals surface area contributed by atoms with Crippen LogP contribution in [0.2, 0.25) is 0 Å². The van der Waals surface area contributed by atoms with Gasteiger partial charge in [-0.15, -0.1) is 0 Å². The van der Waals surface area contributed by atoms with Gasteiger partial charge in [0.1, 0.15) is 0 Å². The van der Waals surface area contributed by atoms with Gasteiger partial charge < -0.3 is 10.0 Å². The molecule has 1 amide bonds. The predicted octanol–water partition coefficient (Wildman–Crippen LogP) is 1.42.